The van der Waals surface area contributed by atoms with Crippen molar-refractivity contribution in [3.8, 4) is 0 Å². The van der Waals surface area contributed by atoms with Crippen LogP contribution >= 0.6 is 11.8 Å². The van der Waals surface area contributed by atoms with Crippen molar-refractivity contribution in [3.63, 3.8) is 0 Å². The lowest BCUT2D eigenvalue weighted by Crippen LogP contribution is -2.50. The van der Waals surface area contributed by atoms with Gasteiger partial charge in [0.05, 0.1) is 5.36 Å². The molecule has 27 heavy (non-hydrogen) atoms. The van der Waals surface area contributed by atoms with Gasteiger partial charge in [0.25, 0.3) is 5.91 Å². The third-order valence-corrected chi connectivity index (χ3v) is 5.39. The van der Waals surface area contributed by atoms with E-state index in [4.69, 9.17) is 4.99 Å². The Morgan fingerprint density at radius 1 is 1.19 bits per heavy atom. The summed E-state index contributed by atoms with van der Waals surface area (Å²) in [6.45, 7) is 2.11. The van der Waals surface area contributed by atoms with E-state index in [-0.39, 0.29) is 11.7 Å². The lowest BCUT2D eigenvalue weighted by Gasteiger charge is -2.34. The first-order valence-electron chi connectivity index (χ1n) is 8.92. The molecule has 1 atom stereocenters. The number of halogens is 1. The number of rotatable bonds is 4. The van der Waals surface area contributed by atoms with Gasteiger partial charge in [0.15, 0.2) is 11.3 Å². The van der Waals surface area contributed by atoms with Crippen LogP contribution < -0.4 is 15.9 Å². The van der Waals surface area contributed by atoms with Crippen molar-refractivity contribution in [3.05, 3.63) is 70.5 Å². The molecule has 2 aromatic rings. The molecule has 1 amide bonds. The van der Waals surface area contributed by atoms with Crippen LogP contribution in [0.4, 0.5) is 4.39 Å². The van der Waals surface area contributed by atoms with Crippen LogP contribution in [-0.4, -0.2) is 21.8 Å². The molecular formula is C20H19FN4OS. The van der Waals surface area contributed by atoms with E-state index < -0.39 is 6.17 Å². The van der Waals surface area contributed by atoms with Gasteiger partial charge in [-0.15, -0.1) is 5.10 Å². The van der Waals surface area contributed by atoms with Crippen LogP contribution in [-0.2, 0) is 4.79 Å². The summed E-state index contributed by atoms with van der Waals surface area (Å²) in [5, 5.41) is 10.9. The Balaban J connectivity index is 1.86. The predicted molar refractivity (Wildman–Crippen MR) is 105 cm³/mol. The molecule has 0 saturated carbocycles. The topological polar surface area (TPSA) is 57.1 Å². The number of fused-ring (bicyclic) bond motifs is 2. The second-order valence-corrected chi connectivity index (χ2v) is 7.38. The lowest BCUT2D eigenvalue weighted by atomic mass is 10.1. The molecule has 4 rings (SSSR count). The largest absolute Gasteiger partial charge is 0.298 e. The number of carbonyl (C=O) groups excluding carboxylic acids is 1. The van der Waals surface area contributed by atoms with Gasteiger partial charge in [0.1, 0.15) is 11.5 Å². The maximum atomic E-state index is 14.5. The first kappa shape index (κ1) is 17.7. The summed E-state index contributed by atoms with van der Waals surface area (Å²) in [4.78, 5) is 17.6. The highest BCUT2D eigenvalue weighted by molar-refractivity contribution is 8.13. The number of nitrogens with one attached hydrogen (secondary N) is 1. The minimum absolute atomic E-state index is 0.243. The van der Waals surface area contributed by atoms with Gasteiger partial charge in [-0.2, -0.15) is 0 Å². The second-order valence-electron chi connectivity index (χ2n) is 6.30. The molecule has 0 bridgehead atoms. The summed E-state index contributed by atoms with van der Waals surface area (Å²) in [6.07, 6.45) is 1.37. The quantitative estimate of drug-likeness (QED) is 0.827. The molecule has 0 aromatic heterocycles. The van der Waals surface area contributed by atoms with Crippen LogP contribution in [0.1, 0.15) is 31.5 Å². The highest BCUT2D eigenvalue weighted by atomic mass is 32.2. The molecular weight excluding hydrogens is 363 g/mol. The zero-order valence-corrected chi connectivity index (χ0v) is 15.7. The number of unbranched alkanes of at least 4 members (excludes halogenated alkanes) is 1. The van der Waals surface area contributed by atoms with E-state index >= 15 is 0 Å². The molecule has 5 nitrogen and oxygen atoms in total. The normalized spacial score (nSPS) is 18.2. The van der Waals surface area contributed by atoms with Gasteiger partial charge in [-0.3, -0.25) is 15.1 Å². The number of thioether (sulfide) groups is 1. The third kappa shape index (κ3) is 3.35. The van der Waals surface area contributed by atoms with Gasteiger partial charge < -0.3 is 0 Å². The van der Waals surface area contributed by atoms with Gasteiger partial charge in [0, 0.05) is 16.5 Å². The monoisotopic (exact) mass is 382 g/mol. The number of benzene rings is 2. The summed E-state index contributed by atoms with van der Waals surface area (Å²) in [5.41, 5.74) is 0.787. The van der Waals surface area contributed by atoms with E-state index in [0.717, 1.165) is 18.6 Å². The molecule has 0 fully saturated rings. The minimum atomic E-state index is -0.719. The van der Waals surface area contributed by atoms with Gasteiger partial charge in [-0.1, -0.05) is 61.5 Å². The highest BCUT2D eigenvalue weighted by Crippen LogP contribution is 2.31. The van der Waals surface area contributed by atoms with E-state index in [1.54, 1.807) is 23.2 Å². The van der Waals surface area contributed by atoms with Crippen molar-refractivity contribution in [2.75, 3.05) is 5.75 Å². The van der Waals surface area contributed by atoms with Gasteiger partial charge in [0.2, 0.25) is 0 Å². The number of hydrogen-bond donors (Lipinski definition) is 1. The standard InChI is InChI=1S/C20H19FN4OS/c1-2-3-12-27-20-23-19(26)17-14-9-5-7-11-16(14)22-18(25(17)24-20)13-8-4-6-10-15(13)21/h4-11,18H,2-3,12H2,1H3,(H,23,24,26). The highest BCUT2D eigenvalue weighted by Gasteiger charge is 2.35. The van der Waals surface area contributed by atoms with E-state index in [1.165, 1.54) is 17.8 Å². The molecule has 0 spiro atoms. The maximum absolute atomic E-state index is 14.5. The number of carbonyl (C=O) groups is 1. The van der Waals surface area contributed by atoms with Crippen molar-refractivity contribution in [2.24, 2.45) is 10.1 Å². The van der Waals surface area contributed by atoms with Gasteiger partial charge in [-0.25, -0.2) is 9.40 Å². The fraction of sp³-hybridized carbons (Fsp3) is 0.250. The number of nitrogens with zero attached hydrogens (tertiary/aromatic N) is 3. The Labute approximate surface area is 160 Å². The third-order valence-electron chi connectivity index (χ3n) is 4.44. The fourth-order valence-corrected chi connectivity index (χ4v) is 4.03. The average molecular weight is 382 g/mol. The van der Waals surface area contributed by atoms with Gasteiger partial charge in [-0.05, 0) is 18.6 Å². The second kappa shape index (κ2) is 7.52. The zero-order valence-electron chi connectivity index (χ0n) is 14.9. The number of amidine groups is 1. The number of amides is 1. The van der Waals surface area contributed by atoms with Crippen LogP contribution in [0.25, 0.3) is 5.70 Å². The van der Waals surface area contributed by atoms with Crippen LogP contribution in [0, 0.1) is 5.82 Å². The molecule has 2 aliphatic rings. The lowest BCUT2D eigenvalue weighted by molar-refractivity contribution is -0.116. The minimum Gasteiger partial charge on any atom is -0.298 e. The number of hydrogen-bond acceptors (Lipinski definition) is 5. The molecule has 2 heterocycles. The van der Waals surface area contributed by atoms with Gasteiger partial charge >= 0.3 is 0 Å². The fourth-order valence-electron chi connectivity index (χ4n) is 3.09. The van der Waals surface area contributed by atoms with Crippen LogP contribution in [0.3, 0.4) is 0 Å². The first-order valence-corrected chi connectivity index (χ1v) is 9.91. The SMILES string of the molecule is CCCCSC1=NN2C(=c3ccccc3=NC2c2ccccc2F)C(=O)N1. The summed E-state index contributed by atoms with van der Waals surface area (Å²) in [6, 6.07) is 13.9. The molecule has 1 unspecified atom stereocenters. The molecule has 2 aliphatic heterocycles. The molecule has 0 saturated heterocycles. The smallest absolute Gasteiger partial charge is 0.276 e. The van der Waals surface area contributed by atoms with Crippen LogP contribution in [0.5, 0.6) is 0 Å². The summed E-state index contributed by atoms with van der Waals surface area (Å²) >= 11 is 1.49. The Hall–Kier alpha value is -2.67. The summed E-state index contributed by atoms with van der Waals surface area (Å²) in [7, 11) is 0. The van der Waals surface area contributed by atoms with E-state index in [1.807, 2.05) is 24.3 Å². The van der Waals surface area contributed by atoms with Crippen LogP contribution in [0.15, 0.2) is 58.6 Å². The average Bonchev–Trinajstić information content (AvgIpc) is 2.68. The Morgan fingerprint density at radius 3 is 2.78 bits per heavy atom. The zero-order chi connectivity index (χ0) is 18.8. The number of hydrazone groups is 1. The van der Waals surface area contributed by atoms with Crippen molar-refractivity contribution in [1.82, 2.24) is 10.3 Å². The molecule has 0 radical (unpaired) electrons. The van der Waals surface area contributed by atoms with E-state index in [9.17, 15) is 9.18 Å². The maximum Gasteiger partial charge on any atom is 0.276 e. The Morgan fingerprint density at radius 2 is 1.96 bits per heavy atom. The van der Waals surface area contributed by atoms with Crippen molar-refractivity contribution in [1.29, 1.82) is 0 Å². The van der Waals surface area contributed by atoms with E-state index in [2.05, 4.69) is 17.3 Å². The van der Waals surface area contributed by atoms with Crippen molar-refractivity contribution in [2.45, 2.75) is 25.9 Å². The van der Waals surface area contributed by atoms with Crippen molar-refractivity contribution >= 4 is 28.5 Å². The van der Waals surface area contributed by atoms with E-state index in [0.29, 0.717) is 27.0 Å². The molecule has 138 valence electrons. The Kier molecular flexibility index (Phi) is 4.94. The molecule has 7 heteroatoms. The molecule has 1 N–H and O–H groups in total. The molecule has 2 aromatic carbocycles. The number of para-hydroxylation sites is 1. The predicted octanol–water partition coefficient (Wildman–Crippen LogP) is 2.50. The van der Waals surface area contributed by atoms with Crippen LogP contribution in [0.2, 0.25) is 0 Å². The molecule has 0 aliphatic carbocycles. The summed E-state index contributed by atoms with van der Waals surface area (Å²) < 4.78 is 14.5. The summed E-state index contributed by atoms with van der Waals surface area (Å²) in [5.74, 6) is 0.246. The Bertz CT molecular complexity index is 1040. The van der Waals surface area contributed by atoms with Crippen molar-refractivity contribution < 1.29 is 9.18 Å². The first-order chi connectivity index (χ1) is 13.2.